The van der Waals surface area contributed by atoms with E-state index in [1.54, 1.807) is 48.5 Å². The molecule has 2 N–H and O–H groups in total. The molecule has 7 heteroatoms. The first-order valence-electron chi connectivity index (χ1n) is 7.96. The van der Waals surface area contributed by atoms with Gasteiger partial charge in [0, 0.05) is 5.69 Å². The molecule has 0 radical (unpaired) electrons. The van der Waals surface area contributed by atoms with Crippen LogP contribution in [0.5, 0.6) is 0 Å². The van der Waals surface area contributed by atoms with Crippen molar-refractivity contribution in [3.05, 3.63) is 65.7 Å². The lowest BCUT2D eigenvalue weighted by atomic mass is 10.1. The van der Waals surface area contributed by atoms with Crippen LogP contribution in [0.4, 0.5) is 10.5 Å². The molecule has 0 unspecified atom stereocenters. The van der Waals surface area contributed by atoms with Gasteiger partial charge >= 0.3 is 18.0 Å². The average molecular weight is 356 g/mol. The van der Waals surface area contributed by atoms with Gasteiger partial charge < -0.3 is 20.1 Å². The Kier molecular flexibility index (Phi) is 6.73. The van der Waals surface area contributed by atoms with Gasteiger partial charge in [0.25, 0.3) is 0 Å². The van der Waals surface area contributed by atoms with Gasteiger partial charge in [-0.05, 0) is 36.8 Å². The molecule has 26 heavy (non-hydrogen) atoms. The van der Waals surface area contributed by atoms with Crippen LogP contribution < -0.4 is 10.6 Å². The number of esters is 2. The number of urea groups is 1. The molecular weight excluding hydrogens is 336 g/mol. The Morgan fingerprint density at radius 1 is 1.00 bits per heavy atom. The summed E-state index contributed by atoms with van der Waals surface area (Å²) in [5, 5.41) is 5.13. The Labute approximate surface area is 151 Å². The van der Waals surface area contributed by atoms with E-state index in [1.165, 1.54) is 14.0 Å². The second-order valence-electron chi connectivity index (χ2n) is 5.48. The van der Waals surface area contributed by atoms with Crippen LogP contribution in [0.3, 0.4) is 0 Å². The van der Waals surface area contributed by atoms with Crippen molar-refractivity contribution in [1.82, 2.24) is 5.32 Å². The highest BCUT2D eigenvalue weighted by Crippen LogP contribution is 2.08. The van der Waals surface area contributed by atoms with E-state index in [2.05, 4.69) is 15.4 Å². The van der Waals surface area contributed by atoms with E-state index in [1.807, 2.05) is 6.07 Å². The lowest BCUT2D eigenvalue weighted by Crippen LogP contribution is -2.41. The Hall–Kier alpha value is -3.35. The third kappa shape index (κ3) is 5.62. The molecule has 0 bridgehead atoms. The van der Waals surface area contributed by atoms with Crippen LogP contribution in [0.15, 0.2) is 54.6 Å². The molecule has 0 saturated heterocycles. The molecule has 0 spiro atoms. The standard InChI is InChI=1S/C19H20N2O5/c1-13(20-19(24)21-16-6-4-3-5-7-16)17(22)26-12-14-8-10-15(11-9-14)18(23)25-2/h3-11,13H,12H2,1-2H3,(H2,20,21,24)/t13-/m0/s1. The minimum absolute atomic E-state index is 0.0343. The second kappa shape index (κ2) is 9.22. The Morgan fingerprint density at radius 2 is 1.65 bits per heavy atom. The molecule has 2 amide bonds. The maximum absolute atomic E-state index is 12.0. The first-order chi connectivity index (χ1) is 12.5. The summed E-state index contributed by atoms with van der Waals surface area (Å²) in [5.74, 6) is -0.999. The van der Waals surface area contributed by atoms with Crippen molar-refractivity contribution in [3.8, 4) is 0 Å². The maximum Gasteiger partial charge on any atom is 0.337 e. The Morgan fingerprint density at radius 3 is 2.27 bits per heavy atom. The van der Waals surface area contributed by atoms with Crippen molar-refractivity contribution < 1.29 is 23.9 Å². The lowest BCUT2D eigenvalue weighted by Gasteiger charge is -2.14. The van der Waals surface area contributed by atoms with E-state index >= 15 is 0 Å². The molecular formula is C19H20N2O5. The van der Waals surface area contributed by atoms with Crippen molar-refractivity contribution >= 4 is 23.7 Å². The predicted molar refractivity (Wildman–Crippen MR) is 95.6 cm³/mol. The topological polar surface area (TPSA) is 93.7 Å². The molecule has 0 aromatic heterocycles. The van der Waals surface area contributed by atoms with Gasteiger partial charge in [0.2, 0.25) is 0 Å². The van der Waals surface area contributed by atoms with E-state index in [0.29, 0.717) is 16.8 Å². The van der Waals surface area contributed by atoms with Crippen LogP contribution in [0.2, 0.25) is 0 Å². The highest BCUT2D eigenvalue weighted by molar-refractivity contribution is 5.92. The van der Waals surface area contributed by atoms with E-state index in [9.17, 15) is 14.4 Å². The summed E-state index contributed by atoms with van der Waals surface area (Å²) in [6.45, 7) is 1.57. The SMILES string of the molecule is COC(=O)c1ccc(COC(=O)[C@H](C)NC(=O)Nc2ccccc2)cc1. The highest BCUT2D eigenvalue weighted by Gasteiger charge is 2.17. The largest absolute Gasteiger partial charge is 0.465 e. The summed E-state index contributed by atoms with van der Waals surface area (Å²) in [6.07, 6.45) is 0. The van der Waals surface area contributed by atoms with Crippen molar-refractivity contribution in [2.75, 3.05) is 12.4 Å². The van der Waals surface area contributed by atoms with Crippen molar-refractivity contribution in [2.24, 2.45) is 0 Å². The third-order valence-corrected chi connectivity index (χ3v) is 3.49. The van der Waals surface area contributed by atoms with Gasteiger partial charge in [0.05, 0.1) is 12.7 Å². The van der Waals surface area contributed by atoms with Crippen molar-refractivity contribution in [2.45, 2.75) is 19.6 Å². The fourth-order valence-corrected chi connectivity index (χ4v) is 2.08. The molecule has 1 atom stereocenters. The Bertz CT molecular complexity index is 759. The minimum atomic E-state index is -0.812. The van der Waals surface area contributed by atoms with Gasteiger partial charge in [-0.15, -0.1) is 0 Å². The van der Waals surface area contributed by atoms with Gasteiger partial charge in [-0.2, -0.15) is 0 Å². The van der Waals surface area contributed by atoms with Gasteiger partial charge in [0.15, 0.2) is 0 Å². The predicted octanol–water partition coefficient (Wildman–Crippen LogP) is 2.73. The van der Waals surface area contributed by atoms with Crippen LogP contribution in [-0.2, 0) is 20.9 Å². The molecule has 0 aliphatic carbocycles. The van der Waals surface area contributed by atoms with E-state index in [4.69, 9.17) is 4.74 Å². The van der Waals surface area contributed by atoms with Crippen LogP contribution in [0.25, 0.3) is 0 Å². The van der Waals surface area contributed by atoms with Crippen molar-refractivity contribution in [3.63, 3.8) is 0 Å². The number of para-hydroxylation sites is 1. The first-order valence-corrected chi connectivity index (χ1v) is 7.96. The zero-order chi connectivity index (χ0) is 18.9. The number of rotatable bonds is 6. The monoisotopic (exact) mass is 356 g/mol. The summed E-state index contributed by atoms with van der Waals surface area (Å²) in [7, 11) is 1.31. The number of amides is 2. The molecule has 7 nitrogen and oxygen atoms in total. The van der Waals surface area contributed by atoms with E-state index in [0.717, 1.165) is 0 Å². The summed E-state index contributed by atoms with van der Waals surface area (Å²) >= 11 is 0. The summed E-state index contributed by atoms with van der Waals surface area (Å²) in [6, 6.07) is 14.1. The third-order valence-electron chi connectivity index (χ3n) is 3.49. The first kappa shape index (κ1) is 19.0. The zero-order valence-electron chi connectivity index (χ0n) is 14.5. The van der Waals surface area contributed by atoms with Crippen LogP contribution in [0.1, 0.15) is 22.8 Å². The molecule has 0 heterocycles. The van der Waals surface area contributed by atoms with Crippen LogP contribution in [-0.4, -0.2) is 31.1 Å². The number of methoxy groups -OCH3 is 1. The fourth-order valence-electron chi connectivity index (χ4n) is 2.08. The molecule has 2 aromatic rings. The van der Waals surface area contributed by atoms with E-state index < -0.39 is 24.0 Å². The number of anilines is 1. The Balaban J connectivity index is 1.79. The molecule has 2 aromatic carbocycles. The summed E-state index contributed by atoms with van der Waals surface area (Å²) < 4.78 is 9.78. The number of hydrogen-bond acceptors (Lipinski definition) is 5. The molecule has 136 valence electrons. The fraction of sp³-hybridized carbons (Fsp3) is 0.211. The number of hydrogen-bond donors (Lipinski definition) is 2. The number of carbonyl (C=O) groups is 3. The quantitative estimate of drug-likeness (QED) is 0.776. The molecule has 0 aliphatic heterocycles. The maximum atomic E-state index is 12.0. The number of benzene rings is 2. The van der Waals surface area contributed by atoms with Gasteiger partial charge in [0.1, 0.15) is 12.6 Å². The van der Waals surface area contributed by atoms with Crippen molar-refractivity contribution in [1.29, 1.82) is 0 Å². The zero-order valence-corrected chi connectivity index (χ0v) is 14.5. The van der Waals surface area contributed by atoms with Crippen LogP contribution >= 0.6 is 0 Å². The van der Waals surface area contributed by atoms with E-state index in [-0.39, 0.29) is 6.61 Å². The average Bonchev–Trinajstić information content (AvgIpc) is 2.66. The van der Waals surface area contributed by atoms with Gasteiger partial charge in [-0.1, -0.05) is 30.3 Å². The molecule has 0 fully saturated rings. The van der Waals surface area contributed by atoms with Gasteiger partial charge in [-0.3, -0.25) is 0 Å². The normalized spacial score (nSPS) is 11.2. The lowest BCUT2D eigenvalue weighted by molar-refractivity contribution is -0.146. The summed E-state index contributed by atoms with van der Waals surface area (Å²) in [5.41, 5.74) is 1.75. The number of carbonyl (C=O) groups excluding carboxylic acids is 3. The summed E-state index contributed by atoms with van der Waals surface area (Å²) in [4.78, 5) is 35.2. The van der Waals surface area contributed by atoms with Gasteiger partial charge in [-0.25, -0.2) is 14.4 Å². The minimum Gasteiger partial charge on any atom is -0.465 e. The second-order valence-corrected chi connectivity index (χ2v) is 5.48. The highest BCUT2D eigenvalue weighted by atomic mass is 16.5. The van der Waals surface area contributed by atoms with Crippen LogP contribution in [0, 0.1) is 0 Å². The smallest absolute Gasteiger partial charge is 0.337 e. The molecule has 0 saturated carbocycles. The molecule has 0 aliphatic rings. The molecule has 2 rings (SSSR count). The number of nitrogens with one attached hydrogen (secondary N) is 2. The number of ether oxygens (including phenoxy) is 2.